The first-order valence-electron chi connectivity index (χ1n) is 2.99. The molecule has 0 aromatic rings. The van der Waals surface area contributed by atoms with Gasteiger partial charge in [0.1, 0.15) is 0 Å². The Morgan fingerprint density at radius 2 is 2.20 bits per heavy atom. The van der Waals surface area contributed by atoms with Gasteiger partial charge < -0.3 is 10.1 Å². The highest BCUT2D eigenvalue weighted by atomic mass is 16.5. The topological polar surface area (TPSA) is 45.4 Å². The van der Waals surface area contributed by atoms with Gasteiger partial charge in [-0.2, -0.15) is 0 Å². The lowest BCUT2D eigenvalue weighted by Crippen LogP contribution is -1.96. The monoisotopic (exact) mass is 140 g/mol. The summed E-state index contributed by atoms with van der Waals surface area (Å²) >= 11 is 0. The van der Waals surface area contributed by atoms with Gasteiger partial charge in [0.05, 0.1) is 19.0 Å². The molecule has 0 saturated carbocycles. The van der Waals surface area contributed by atoms with Gasteiger partial charge >= 0.3 is 0 Å². The molecule has 0 radical (unpaired) electrons. The van der Waals surface area contributed by atoms with Gasteiger partial charge in [-0.25, -0.2) is 0 Å². The van der Waals surface area contributed by atoms with Crippen molar-refractivity contribution in [3.05, 3.63) is 12.0 Å². The third kappa shape index (κ3) is 3.02. The van der Waals surface area contributed by atoms with Crippen molar-refractivity contribution in [1.82, 2.24) is 0 Å². The van der Waals surface area contributed by atoms with Crippen molar-refractivity contribution in [2.24, 2.45) is 4.99 Å². The minimum absolute atomic E-state index is 0.383. The third-order valence-corrected chi connectivity index (χ3v) is 0.930. The molecule has 3 nitrogen and oxygen atoms in total. The minimum atomic E-state index is 0.383. The molecule has 0 aliphatic rings. The van der Waals surface area contributed by atoms with Crippen molar-refractivity contribution in [3.8, 4) is 0 Å². The zero-order valence-electron chi connectivity index (χ0n) is 6.51. The van der Waals surface area contributed by atoms with Crippen LogP contribution in [-0.4, -0.2) is 19.0 Å². The Morgan fingerprint density at radius 3 is 2.50 bits per heavy atom. The van der Waals surface area contributed by atoms with E-state index >= 15 is 0 Å². The zero-order chi connectivity index (χ0) is 7.98. The Balaban J connectivity index is 4.18. The van der Waals surface area contributed by atoms with Crippen LogP contribution in [0.3, 0.4) is 0 Å². The number of aliphatic imine (C=N–C) groups is 1. The summed E-state index contributed by atoms with van der Waals surface area (Å²) in [5.41, 5.74) is 0.383. The summed E-state index contributed by atoms with van der Waals surface area (Å²) in [4.78, 5) is 3.81. The van der Waals surface area contributed by atoms with Gasteiger partial charge in [-0.3, -0.25) is 4.99 Å². The van der Waals surface area contributed by atoms with Crippen molar-refractivity contribution >= 4 is 11.9 Å². The lowest BCUT2D eigenvalue weighted by Gasteiger charge is -1.99. The standard InChI is InChI=1S/C7H12N2O/c1-4-9-5-7(10-3)6(2)8/h4-5,8H,1-3H3/b7-5+,8-6?,9-4?. The van der Waals surface area contributed by atoms with Crippen molar-refractivity contribution in [2.75, 3.05) is 7.11 Å². The van der Waals surface area contributed by atoms with Crippen molar-refractivity contribution in [3.63, 3.8) is 0 Å². The van der Waals surface area contributed by atoms with E-state index in [4.69, 9.17) is 10.1 Å². The van der Waals surface area contributed by atoms with E-state index in [1.54, 1.807) is 13.1 Å². The van der Waals surface area contributed by atoms with E-state index in [0.717, 1.165) is 0 Å². The lowest BCUT2D eigenvalue weighted by atomic mass is 10.4. The Labute approximate surface area is 60.9 Å². The molecule has 0 aromatic heterocycles. The number of nitrogens with one attached hydrogen (secondary N) is 1. The van der Waals surface area contributed by atoms with E-state index in [-0.39, 0.29) is 0 Å². The largest absolute Gasteiger partial charge is 0.493 e. The average molecular weight is 140 g/mol. The average Bonchev–Trinajstić information content (AvgIpc) is 1.89. The molecule has 0 saturated heterocycles. The van der Waals surface area contributed by atoms with Crippen LogP contribution < -0.4 is 0 Å². The molecule has 56 valence electrons. The highest BCUT2D eigenvalue weighted by Crippen LogP contribution is 1.96. The van der Waals surface area contributed by atoms with E-state index in [0.29, 0.717) is 11.5 Å². The Hall–Kier alpha value is -1.12. The summed E-state index contributed by atoms with van der Waals surface area (Å²) in [7, 11) is 1.52. The maximum absolute atomic E-state index is 7.16. The summed E-state index contributed by atoms with van der Waals surface area (Å²) in [6.07, 6.45) is 3.16. The molecule has 0 unspecified atom stereocenters. The summed E-state index contributed by atoms with van der Waals surface area (Å²) in [6, 6.07) is 0. The van der Waals surface area contributed by atoms with E-state index in [1.807, 2.05) is 6.92 Å². The zero-order valence-corrected chi connectivity index (χ0v) is 6.51. The van der Waals surface area contributed by atoms with Gasteiger partial charge in [0.15, 0.2) is 5.76 Å². The molecule has 0 atom stereocenters. The highest BCUT2D eigenvalue weighted by Gasteiger charge is 1.94. The Morgan fingerprint density at radius 1 is 1.60 bits per heavy atom. The predicted molar refractivity (Wildman–Crippen MR) is 42.7 cm³/mol. The summed E-state index contributed by atoms with van der Waals surface area (Å²) in [5, 5.41) is 7.16. The van der Waals surface area contributed by atoms with Crippen molar-refractivity contribution in [1.29, 1.82) is 5.41 Å². The van der Waals surface area contributed by atoms with Gasteiger partial charge in [-0.15, -0.1) is 0 Å². The molecule has 0 bridgehead atoms. The number of methoxy groups -OCH3 is 1. The predicted octanol–water partition coefficient (Wildman–Crippen LogP) is 1.60. The molecule has 3 heteroatoms. The molecule has 0 heterocycles. The molecule has 0 fully saturated rings. The second-order valence-corrected chi connectivity index (χ2v) is 1.73. The van der Waals surface area contributed by atoms with Crippen LogP contribution in [0.25, 0.3) is 0 Å². The number of hydrogen-bond donors (Lipinski definition) is 1. The summed E-state index contributed by atoms with van der Waals surface area (Å²) in [6.45, 7) is 3.46. The van der Waals surface area contributed by atoms with Crippen LogP contribution in [0.1, 0.15) is 13.8 Å². The second kappa shape index (κ2) is 4.73. The molecule has 10 heavy (non-hydrogen) atoms. The molecular weight excluding hydrogens is 128 g/mol. The SMILES string of the molecule is CC=N/C=C(/OC)C(C)=N. The van der Waals surface area contributed by atoms with Crippen LogP contribution in [-0.2, 0) is 4.74 Å². The smallest absolute Gasteiger partial charge is 0.157 e. The first-order valence-corrected chi connectivity index (χ1v) is 2.99. The first-order chi connectivity index (χ1) is 4.72. The Bertz CT molecular complexity index is 170. The van der Waals surface area contributed by atoms with E-state index in [9.17, 15) is 0 Å². The molecule has 0 aliphatic heterocycles. The number of allylic oxidation sites excluding steroid dienone is 1. The van der Waals surface area contributed by atoms with E-state index in [2.05, 4.69) is 4.99 Å². The molecule has 0 spiro atoms. The van der Waals surface area contributed by atoms with E-state index < -0.39 is 0 Å². The van der Waals surface area contributed by atoms with Gasteiger partial charge in [0.25, 0.3) is 0 Å². The van der Waals surface area contributed by atoms with E-state index in [1.165, 1.54) is 13.3 Å². The summed E-state index contributed by atoms with van der Waals surface area (Å²) in [5.74, 6) is 0.498. The van der Waals surface area contributed by atoms with Crippen LogP contribution in [0, 0.1) is 5.41 Å². The third-order valence-electron chi connectivity index (χ3n) is 0.930. The highest BCUT2D eigenvalue weighted by molar-refractivity contribution is 5.93. The number of hydrogen-bond acceptors (Lipinski definition) is 3. The number of nitrogens with zero attached hydrogens (tertiary/aromatic N) is 1. The Kier molecular flexibility index (Phi) is 4.20. The first kappa shape index (κ1) is 8.88. The maximum Gasteiger partial charge on any atom is 0.157 e. The molecule has 0 aliphatic carbocycles. The molecule has 0 amide bonds. The van der Waals surface area contributed by atoms with Crippen LogP contribution in [0.2, 0.25) is 0 Å². The quantitative estimate of drug-likeness (QED) is 0.469. The van der Waals surface area contributed by atoms with Crippen LogP contribution in [0.4, 0.5) is 0 Å². The van der Waals surface area contributed by atoms with Crippen LogP contribution in [0.5, 0.6) is 0 Å². The fourth-order valence-corrected chi connectivity index (χ4v) is 0.445. The fourth-order valence-electron chi connectivity index (χ4n) is 0.445. The number of ether oxygens (including phenoxy) is 1. The van der Waals surface area contributed by atoms with Gasteiger partial charge in [0, 0.05) is 6.21 Å². The van der Waals surface area contributed by atoms with Crippen LogP contribution in [0.15, 0.2) is 17.0 Å². The minimum Gasteiger partial charge on any atom is -0.493 e. The van der Waals surface area contributed by atoms with Gasteiger partial charge in [-0.05, 0) is 13.8 Å². The summed E-state index contributed by atoms with van der Waals surface area (Å²) < 4.78 is 4.84. The van der Waals surface area contributed by atoms with Crippen molar-refractivity contribution in [2.45, 2.75) is 13.8 Å². The van der Waals surface area contributed by atoms with Crippen molar-refractivity contribution < 1.29 is 4.74 Å². The fraction of sp³-hybridized carbons (Fsp3) is 0.429. The second-order valence-electron chi connectivity index (χ2n) is 1.73. The normalized spacial score (nSPS) is 12.1. The van der Waals surface area contributed by atoms with Gasteiger partial charge in [-0.1, -0.05) is 0 Å². The lowest BCUT2D eigenvalue weighted by molar-refractivity contribution is 0.313. The number of rotatable bonds is 3. The molecule has 1 N–H and O–H groups in total. The molecule has 0 rings (SSSR count). The maximum atomic E-state index is 7.16. The van der Waals surface area contributed by atoms with Gasteiger partial charge in [0.2, 0.25) is 0 Å². The molecule has 0 aromatic carbocycles. The molecular formula is C7H12N2O. The van der Waals surface area contributed by atoms with Crippen LogP contribution >= 0.6 is 0 Å².